The number of benzene rings is 2. The van der Waals surface area contributed by atoms with Gasteiger partial charge in [-0.2, -0.15) is 0 Å². The van der Waals surface area contributed by atoms with Crippen LogP contribution in [0, 0.1) is 25.7 Å². The third-order valence-corrected chi connectivity index (χ3v) is 9.11. The minimum atomic E-state index is -0.972. The lowest BCUT2D eigenvalue weighted by atomic mass is 9.87. The highest BCUT2D eigenvalue weighted by molar-refractivity contribution is 6.26. The zero-order chi connectivity index (χ0) is 28.9. The van der Waals surface area contributed by atoms with E-state index in [9.17, 15) is 19.2 Å². The zero-order valence-electron chi connectivity index (χ0n) is 22.8. The largest absolute Gasteiger partial charge is 0.468 e. The van der Waals surface area contributed by atoms with Crippen LogP contribution < -0.4 is 9.80 Å². The third kappa shape index (κ3) is 3.10. The van der Waals surface area contributed by atoms with Crippen LogP contribution in [0.15, 0.2) is 94.2 Å². The van der Waals surface area contributed by atoms with E-state index in [1.54, 1.807) is 58.5 Å². The third-order valence-electron chi connectivity index (χ3n) is 9.11. The molecule has 4 aliphatic rings. The van der Waals surface area contributed by atoms with Crippen molar-refractivity contribution in [3.8, 4) is 0 Å². The molecule has 4 aromatic rings. The van der Waals surface area contributed by atoms with Crippen molar-refractivity contribution in [2.24, 2.45) is 11.8 Å². The van der Waals surface area contributed by atoms with E-state index in [0.717, 1.165) is 11.1 Å². The highest BCUT2D eigenvalue weighted by Crippen LogP contribution is 2.60. The molecular weight excluding hydrogens is 536 g/mol. The molecule has 6 heterocycles. The van der Waals surface area contributed by atoms with E-state index in [-0.39, 0.29) is 11.8 Å². The molecule has 0 radical (unpaired) electrons. The average Bonchev–Trinajstić information content (AvgIpc) is 3.81. The molecule has 6 atom stereocenters. The molecule has 2 aromatic heterocycles. The Morgan fingerprint density at radius 3 is 1.26 bits per heavy atom. The molecule has 2 aromatic carbocycles. The van der Waals surface area contributed by atoms with E-state index in [1.165, 1.54) is 22.3 Å². The maximum atomic E-state index is 14.3. The summed E-state index contributed by atoms with van der Waals surface area (Å²) in [5, 5.41) is 3.52. The van der Waals surface area contributed by atoms with E-state index < -0.39 is 47.8 Å². The van der Waals surface area contributed by atoms with Crippen LogP contribution in [0.4, 0.5) is 11.4 Å². The fraction of sp³-hybridized carbons (Fsp3) is 0.250. The van der Waals surface area contributed by atoms with E-state index >= 15 is 0 Å². The number of rotatable bonds is 4. The number of fused-ring (bicyclic) bond motifs is 5. The number of hydrazine groups is 1. The van der Waals surface area contributed by atoms with E-state index in [0.29, 0.717) is 22.9 Å². The summed E-state index contributed by atoms with van der Waals surface area (Å²) in [6.07, 6.45) is 3.01. The Hall–Kier alpha value is -4.80. The van der Waals surface area contributed by atoms with Crippen LogP contribution in [-0.4, -0.2) is 45.7 Å². The van der Waals surface area contributed by atoms with Crippen LogP contribution in [0.3, 0.4) is 0 Å². The first-order valence-electron chi connectivity index (χ1n) is 13.9. The number of carbonyl (C=O) groups excluding carboxylic acids is 4. The Morgan fingerprint density at radius 1 is 0.500 bits per heavy atom. The number of hydrogen-bond acceptors (Lipinski definition) is 8. The van der Waals surface area contributed by atoms with Crippen molar-refractivity contribution < 1.29 is 28.0 Å². The molecule has 8 rings (SSSR count). The second kappa shape index (κ2) is 8.85. The number of para-hydroxylation sites is 2. The number of nitrogens with zero attached hydrogens (tertiary/aromatic N) is 4. The van der Waals surface area contributed by atoms with Crippen LogP contribution >= 0.6 is 0 Å². The van der Waals surface area contributed by atoms with Crippen molar-refractivity contribution >= 4 is 35.0 Å². The average molecular weight is 563 g/mol. The lowest BCUT2D eigenvalue weighted by Crippen LogP contribution is -2.50. The first-order chi connectivity index (χ1) is 20.4. The number of imide groups is 2. The van der Waals surface area contributed by atoms with Gasteiger partial charge in [0, 0.05) is 0 Å². The van der Waals surface area contributed by atoms with Crippen molar-refractivity contribution in [1.29, 1.82) is 0 Å². The smallest absolute Gasteiger partial charge is 0.253 e. The molecule has 0 aliphatic carbocycles. The highest BCUT2D eigenvalue weighted by atomic mass is 16.3. The Labute approximate surface area is 240 Å². The van der Waals surface area contributed by atoms with Gasteiger partial charge in [0.15, 0.2) is 0 Å². The molecule has 4 fully saturated rings. The van der Waals surface area contributed by atoms with Crippen molar-refractivity contribution in [2.75, 3.05) is 9.80 Å². The molecule has 10 heteroatoms. The van der Waals surface area contributed by atoms with Gasteiger partial charge in [-0.3, -0.25) is 19.2 Å². The number of carbonyl (C=O) groups is 4. The Morgan fingerprint density at radius 2 is 0.905 bits per heavy atom. The molecule has 10 nitrogen and oxygen atoms in total. The van der Waals surface area contributed by atoms with Gasteiger partial charge in [0.25, 0.3) is 11.8 Å². The normalized spacial score (nSPS) is 29.1. The SMILES string of the molecule is Cc1ccccc1N1C(=O)[C@@H]2[C@@H](C1=O)N1[C@@H](c3ccco3)[C@H]3C(=O)N(c4ccccc4C)C(=O)[C@@H]3N1[C@H]2c1ccco1. The van der Waals surface area contributed by atoms with Crippen molar-refractivity contribution in [1.82, 2.24) is 10.0 Å². The zero-order valence-corrected chi connectivity index (χ0v) is 22.8. The van der Waals surface area contributed by atoms with Gasteiger partial charge < -0.3 is 8.83 Å². The summed E-state index contributed by atoms with van der Waals surface area (Å²) in [6, 6.07) is 17.9. The Bertz CT molecular complexity index is 1640. The standard InChI is InChI=1S/C32H26N4O6/c1-17-9-3-5-11-19(17)33-29(37)23-25(21-13-7-15-41-21)36-28-24(26(22-14-8-16-42-22)35(36)27(23)31(33)39)30(38)34(32(28)40)20-12-6-4-10-18(20)2/h3-16,23-28H,1-2H3/t23-,24+,25-,26-,27-,28+/m0/s1. The van der Waals surface area contributed by atoms with Crippen molar-refractivity contribution in [3.63, 3.8) is 0 Å². The molecule has 4 saturated heterocycles. The number of anilines is 2. The lowest BCUT2D eigenvalue weighted by Gasteiger charge is -2.34. The first-order valence-corrected chi connectivity index (χ1v) is 13.9. The predicted octanol–water partition coefficient (Wildman–Crippen LogP) is 3.93. The van der Waals surface area contributed by atoms with Crippen LogP contribution in [-0.2, 0) is 19.2 Å². The quantitative estimate of drug-likeness (QED) is 0.345. The van der Waals surface area contributed by atoms with E-state index in [2.05, 4.69) is 0 Å². The topological polar surface area (TPSA) is 108 Å². The van der Waals surface area contributed by atoms with Gasteiger partial charge in [-0.25, -0.2) is 19.8 Å². The highest BCUT2D eigenvalue weighted by Gasteiger charge is 2.74. The summed E-state index contributed by atoms with van der Waals surface area (Å²) >= 11 is 0. The minimum Gasteiger partial charge on any atom is -0.468 e. The molecule has 42 heavy (non-hydrogen) atoms. The predicted molar refractivity (Wildman–Crippen MR) is 148 cm³/mol. The molecule has 0 spiro atoms. The van der Waals surface area contributed by atoms with Crippen LogP contribution in [0.25, 0.3) is 0 Å². The summed E-state index contributed by atoms with van der Waals surface area (Å²) in [5.41, 5.74) is 2.59. The van der Waals surface area contributed by atoms with Crippen molar-refractivity contribution in [3.05, 3.63) is 108 Å². The summed E-state index contributed by atoms with van der Waals surface area (Å²) in [6.45, 7) is 3.70. The molecular formula is C32H26N4O6. The summed E-state index contributed by atoms with van der Waals surface area (Å²) in [7, 11) is 0. The van der Waals surface area contributed by atoms with E-state index in [1.807, 2.05) is 38.1 Å². The monoisotopic (exact) mass is 562 g/mol. The Kier molecular flexibility index (Phi) is 5.26. The maximum absolute atomic E-state index is 14.3. The van der Waals surface area contributed by atoms with Gasteiger partial charge in [-0.05, 0) is 61.4 Å². The minimum absolute atomic E-state index is 0.377. The molecule has 0 saturated carbocycles. The van der Waals surface area contributed by atoms with Crippen molar-refractivity contribution in [2.45, 2.75) is 38.0 Å². The number of aryl methyl sites for hydroxylation is 2. The summed E-state index contributed by atoms with van der Waals surface area (Å²) < 4.78 is 11.7. The van der Waals surface area contributed by atoms with E-state index in [4.69, 9.17) is 8.83 Å². The maximum Gasteiger partial charge on any atom is 0.253 e. The van der Waals surface area contributed by atoms with Gasteiger partial charge in [0.05, 0.1) is 47.8 Å². The summed E-state index contributed by atoms with van der Waals surface area (Å²) in [4.78, 5) is 59.7. The molecule has 4 aliphatic heterocycles. The molecule has 0 N–H and O–H groups in total. The van der Waals surface area contributed by atoms with Crippen LogP contribution in [0.2, 0.25) is 0 Å². The second-order valence-corrected chi connectivity index (χ2v) is 11.2. The molecule has 210 valence electrons. The van der Waals surface area contributed by atoms with Crippen LogP contribution in [0.1, 0.15) is 34.7 Å². The van der Waals surface area contributed by atoms with Crippen LogP contribution in [0.5, 0.6) is 0 Å². The number of amides is 4. The second-order valence-electron chi connectivity index (χ2n) is 11.2. The van der Waals surface area contributed by atoms with Gasteiger partial charge in [0.2, 0.25) is 11.8 Å². The van der Waals surface area contributed by atoms with Gasteiger partial charge >= 0.3 is 0 Å². The number of furan rings is 2. The summed E-state index contributed by atoms with van der Waals surface area (Å²) in [5.74, 6) is -2.46. The lowest BCUT2D eigenvalue weighted by molar-refractivity contribution is -0.136. The molecule has 0 unspecified atom stereocenters. The fourth-order valence-corrected chi connectivity index (χ4v) is 7.42. The first kappa shape index (κ1) is 25.0. The molecule has 4 amide bonds. The Balaban J connectivity index is 1.32. The van der Waals surface area contributed by atoms with Gasteiger partial charge in [0.1, 0.15) is 23.6 Å². The number of hydrogen-bond donors (Lipinski definition) is 0. The van der Waals surface area contributed by atoms with Gasteiger partial charge in [-0.15, -0.1) is 0 Å². The fourth-order valence-electron chi connectivity index (χ4n) is 7.42. The molecule has 0 bridgehead atoms. The van der Waals surface area contributed by atoms with Gasteiger partial charge in [-0.1, -0.05) is 36.4 Å².